The molecule has 0 saturated heterocycles. The number of fused-ring (bicyclic) bond motifs is 1. The zero-order valence-electron chi connectivity index (χ0n) is 13.4. The van der Waals surface area contributed by atoms with Crippen LogP contribution in [0.1, 0.15) is 36.3 Å². The first-order valence-corrected chi connectivity index (χ1v) is 8.51. The van der Waals surface area contributed by atoms with Gasteiger partial charge >= 0.3 is 0 Å². The zero-order valence-corrected chi connectivity index (χ0v) is 13.4. The van der Waals surface area contributed by atoms with Gasteiger partial charge in [-0.2, -0.15) is 0 Å². The molecule has 122 valence electrons. The van der Waals surface area contributed by atoms with Crippen molar-refractivity contribution in [2.45, 2.75) is 38.4 Å². The highest BCUT2D eigenvalue weighted by molar-refractivity contribution is 5.55. The normalized spacial score (nSPS) is 17.8. The molecule has 3 heterocycles. The number of oxazole rings is 1. The summed E-state index contributed by atoms with van der Waals surface area (Å²) in [5.74, 6) is 4.48. The van der Waals surface area contributed by atoms with Gasteiger partial charge in [-0.3, -0.25) is 4.90 Å². The third-order valence-corrected chi connectivity index (χ3v) is 4.77. The van der Waals surface area contributed by atoms with Crippen molar-refractivity contribution in [2.24, 2.45) is 0 Å². The Morgan fingerprint density at radius 3 is 2.79 bits per heavy atom. The predicted octanol–water partition coefficient (Wildman–Crippen LogP) is 2.83. The Morgan fingerprint density at radius 1 is 1.08 bits per heavy atom. The molecule has 0 unspecified atom stereocenters. The van der Waals surface area contributed by atoms with Gasteiger partial charge in [0, 0.05) is 24.6 Å². The van der Waals surface area contributed by atoms with Crippen LogP contribution in [-0.4, -0.2) is 31.2 Å². The molecule has 0 atom stereocenters. The van der Waals surface area contributed by atoms with Gasteiger partial charge < -0.3 is 8.98 Å². The summed E-state index contributed by atoms with van der Waals surface area (Å²) < 4.78 is 8.22. The van der Waals surface area contributed by atoms with Gasteiger partial charge in [0.15, 0.2) is 5.76 Å². The van der Waals surface area contributed by atoms with Gasteiger partial charge in [0.25, 0.3) is 0 Å². The fourth-order valence-corrected chi connectivity index (χ4v) is 3.32. The summed E-state index contributed by atoms with van der Waals surface area (Å²) in [5.41, 5.74) is 1.06. The van der Waals surface area contributed by atoms with E-state index >= 15 is 0 Å². The van der Waals surface area contributed by atoms with E-state index in [0.717, 1.165) is 42.7 Å². The molecule has 5 rings (SSSR count). The molecular weight excluding hydrogens is 302 g/mol. The van der Waals surface area contributed by atoms with Gasteiger partial charge in [-0.05, 0) is 12.8 Å². The van der Waals surface area contributed by atoms with Crippen LogP contribution in [0.15, 0.2) is 40.9 Å². The van der Waals surface area contributed by atoms with E-state index in [4.69, 9.17) is 4.42 Å². The van der Waals surface area contributed by atoms with Crippen molar-refractivity contribution in [1.29, 1.82) is 0 Å². The fraction of sp³-hybridized carbons (Fsp3) is 0.389. The van der Waals surface area contributed by atoms with E-state index < -0.39 is 0 Å². The average molecular weight is 321 g/mol. The van der Waals surface area contributed by atoms with Crippen LogP contribution in [0, 0.1) is 0 Å². The maximum absolute atomic E-state index is 5.92. The molecule has 2 aromatic heterocycles. The highest BCUT2D eigenvalue weighted by atomic mass is 16.4. The van der Waals surface area contributed by atoms with Crippen LogP contribution in [-0.2, 0) is 19.6 Å². The van der Waals surface area contributed by atoms with Crippen molar-refractivity contribution in [3.63, 3.8) is 0 Å². The van der Waals surface area contributed by atoms with Gasteiger partial charge in [0.1, 0.15) is 11.6 Å². The van der Waals surface area contributed by atoms with Crippen LogP contribution in [0.2, 0.25) is 0 Å². The highest BCUT2D eigenvalue weighted by Crippen LogP contribution is 2.39. The minimum atomic E-state index is 0.651. The van der Waals surface area contributed by atoms with Crippen LogP contribution in [0.3, 0.4) is 0 Å². The molecule has 1 aliphatic carbocycles. The monoisotopic (exact) mass is 321 g/mol. The van der Waals surface area contributed by atoms with Crippen molar-refractivity contribution in [2.75, 3.05) is 6.54 Å². The molecule has 1 saturated carbocycles. The summed E-state index contributed by atoms with van der Waals surface area (Å²) in [5, 5.41) is 8.78. The van der Waals surface area contributed by atoms with E-state index in [1.807, 2.05) is 36.5 Å². The first-order chi connectivity index (χ1) is 11.9. The largest absolute Gasteiger partial charge is 0.439 e. The molecule has 6 heteroatoms. The molecule has 24 heavy (non-hydrogen) atoms. The highest BCUT2D eigenvalue weighted by Gasteiger charge is 2.32. The van der Waals surface area contributed by atoms with E-state index in [1.165, 1.54) is 18.7 Å². The molecule has 1 aromatic carbocycles. The van der Waals surface area contributed by atoms with E-state index in [1.54, 1.807) is 0 Å². The van der Waals surface area contributed by atoms with Crippen LogP contribution in [0.4, 0.5) is 0 Å². The summed E-state index contributed by atoms with van der Waals surface area (Å²) >= 11 is 0. The van der Waals surface area contributed by atoms with Crippen molar-refractivity contribution in [3.05, 3.63) is 54.1 Å². The quantitative estimate of drug-likeness (QED) is 0.739. The smallest absolute Gasteiger partial charge is 0.209 e. The Hall–Kier alpha value is -2.47. The first kappa shape index (κ1) is 13.9. The molecule has 2 aliphatic rings. The lowest BCUT2D eigenvalue weighted by molar-refractivity contribution is 0.189. The fourth-order valence-electron chi connectivity index (χ4n) is 3.32. The van der Waals surface area contributed by atoms with E-state index in [-0.39, 0.29) is 0 Å². The Bertz CT molecular complexity index is 849. The number of hydrogen-bond donors (Lipinski definition) is 0. The third kappa shape index (κ3) is 2.53. The number of nitrogens with zero attached hydrogens (tertiary/aromatic N) is 5. The molecule has 0 bridgehead atoms. The van der Waals surface area contributed by atoms with Crippen LogP contribution < -0.4 is 0 Å². The van der Waals surface area contributed by atoms with Gasteiger partial charge in [-0.25, -0.2) is 4.98 Å². The summed E-state index contributed by atoms with van der Waals surface area (Å²) in [7, 11) is 0. The number of benzene rings is 1. The lowest BCUT2D eigenvalue weighted by Gasteiger charge is -2.26. The van der Waals surface area contributed by atoms with Crippen LogP contribution >= 0.6 is 0 Å². The average Bonchev–Trinajstić information content (AvgIpc) is 3.21. The van der Waals surface area contributed by atoms with Gasteiger partial charge in [0.2, 0.25) is 5.89 Å². The van der Waals surface area contributed by atoms with Gasteiger partial charge in [-0.15, -0.1) is 10.2 Å². The molecule has 3 aromatic rings. The Balaban J connectivity index is 1.30. The van der Waals surface area contributed by atoms with Crippen molar-refractivity contribution < 1.29 is 4.42 Å². The van der Waals surface area contributed by atoms with E-state index in [0.29, 0.717) is 12.5 Å². The van der Waals surface area contributed by atoms with Crippen LogP contribution in [0.25, 0.3) is 11.3 Å². The molecular formula is C18H19N5O. The number of rotatable bonds is 4. The first-order valence-electron chi connectivity index (χ1n) is 8.51. The second kappa shape index (κ2) is 5.56. The minimum absolute atomic E-state index is 0.651. The zero-order chi connectivity index (χ0) is 15.9. The van der Waals surface area contributed by atoms with Crippen LogP contribution in [0.5, 0.6) is 0 Å². The van der Waals surface area contributed by atoms with E-state index in [9.17, 15) is 0 Å². The second-order valence-corrected chi connectivity index (χ2v) is 6.60. The Labute approximate surface area is 140 Å². The number of hydrogen-bond acceptors (Lipinski definition) is 5. The predicted molar refractivity (Wildman–Crippen MR) is 88.1 cm³/mol. The second-order valence-electron chi connectivity index (χ2n) is 6.60. The Kier molecular flexibility index (Phi) is 3.23. The topological polar surface area (TPSA) is 60.0 Å². The molecule has 1 aliphatic heterocycles. The molecule has 0 radical (unpaired) electrons. The minimum Gasteiger partial charge on any atom is -0.439 e. The van der Waals surface area contributed by atoms with Crippen molar-refractivity contribution in [3.8, 4) is 11.3 Å². The standard InChI is InChI=1S/C18H19N5O/c1-2-4-13(5-3-1)15-10-19-17(24-15)12-22-8-9-23-16(11-22)20-21-18(23)14-6-7-14/h1-5,10,14H,6-9,11-12H2. The number of aromatic nitrogens is 4. The third-order valence-electron chi connectivity index (χ3n) is 4.77. The summed E-state index contributed by atoms with van der Waals surface area (Å²) in [4.78, 5) is 6.76. The van der Waals surface area contributed by atoms with Crippen molar-refractivity contribution in [1.82, 2.24) is 24.6 Å². The SMILES string of the molecule is c1ccc(-c2cnc(CN3CCn4c(nnc4C4CC4)C3)o2)cc1. The summed E-state index contributed by atoms with van der Waals surface area (Å²) in [6, 6.07) is 10.1. The van der Waals surface area contributed by atoms with Crippen molar-refractivity contribution >= 4 is 0 Å². The lowest BCUT2D eigenvalue weighted by Crippen LogP contribution is -2.34. The Morgan fingerprint density at radius 2 is 1.96 bits per heavy atom. The maximum atomic E-state index is 5.92. The summed E-state index contributed by atoms with van der Waals surface area (Å²) in [6.07, 6.45) is 4.34. The molecule has 0 spiro atoms. The van der Waals surface area contributed by atoms with Gasteiger partial charge in [-0.1, -0.05) is 30.3 Å². The summed E-state index contributed by atoms with van der Waals surface area (Å²) in [6.45, 7) is 3.45. The van der Waals surface area contributed by atoms with E-state index in [2.05, 4.69) is 24.6 Å². The molecule has 1 fully saturated rings. The molecule has 0 amide bonds. The molecule has 0 N–H and O–H groups in total. The maximum Gasteiger partial charge on any atom is 0.209 e. The van der Waals surface area contributed by atoms with Gasteiger partial charge in [0.05, 0.1) is 19.3 Å². The molecule has 6 nitrogen and oxygen atoms in total. The lowest BCUT2D eigenvalue weighted by atomic mass is 10.2.